The fourth-order valence-corrected chi connectivity index (χ4v) is 5.01. The van der Waals surface area contributed by atoms with Crippen LogP contribution in [-0.4, -0.2) is 73.2 Å². The van der Waals surface area contributed by atoms with Gasteiger partial charge in [-0.05, 0) is 31.2 Å². The average Bonchev–Trinajstić information content (AvgIpc) is 2.87. The van der Waals surface area contributed by atoms with Crippen molar-refractivity contribution in [3.8, 4) is 0 Å². The number of hydrogen-bond acceptors (Lipinski definition) is 11. The molecule has 1 heterocycles. The number of carbonyl (C=O) groups excluding carboxylic acids is 4. The van der Waals surface area contributed by atoms with E-state index in [1.807, 2.05) is 6.08 Å². The van der Waals surface area contributed by atoms with Crippen molar-refractivity contribution in [1.29, 1.82) is 0 Å². The SMILES string of the molecule is COC1CCC(=Cc2ccccc2[C@@]2(O)O[C@H](COC(C)=O)[C@@H](OC(C)=O)[C@H](OC(C)=O)[C@H]2OC(C)=O)CC1. The highest BCUT2D eigenvalue weighted by atomic mass is 16.7. The van der Waals surface area contributed by atoms with Gasteiger partial charge in [-0.15, -0.1) is 0 Å². The minimum Gasteiger partial charge on any atom is -0.463 e. The lowest BCUT2D eigenvalue weighted by atomic mass is 9.84. The van der Waals surface area contributed by atoms with Gasteiger partial charge in [-0.1, -0.05) is 35.9 Å². The number of aliphatic hydroxyl groups is 1. The molecule has 5 atom stereocenters. The minimum atomic E-state index is -2.38. The maximum Gasteiger partial charge on any atom is 0.303 e. The molecule has 1 aliphatic carbocycles. The highest BCUT2D eigenvalue weighted by Crippen LogP contribution is 2.43. The first-order chi connectivity index (χ1) is 18.4. The highest BCUT2D eigenvalue weighted by molar-refractivity contribution is 5.69. The van der Waals surface area contributed by atoms with E-state index in [4.69, 9.17) is 28.4 Å². The Morgan fingerprint density at radius 2 is 1.51 bits per heavy atom. The van der Waals surface area contributed by atoms with Crippen molar-refractivity contribution in [1.82, 2.24) is 0 Å². The monoisotopic (exact) mass is 548 g/mol. The molecular weight excluding hydrogens is 512 g/mol. The van der Waals surface area contributed by atoms with Gasteiger partial charge in [0.25, 0.3) is 0 Å². The molecule has 1 saturated heterocycles. The molecule has 2 aliphatic rings. The molecule has 1 aromatic rings. The van der Waals surface area contributed by atoms with Crippen molar-refractivity contribution in [3.05, 3.63) is 41.0 Å². The van der Waals surface area contributed by atoms with Crippen LogP contribution >= 0.6 is 0 Å². The predicted molar refractivity (Wildman–Crippen MR) is 136 cm³/mol. The summed E-state index contributed by atoms with van der Waals surface area (Å²) in [4.78, 5) is 48.0. The van der Waals surface area contributed by atoms with Gasteiger partial charge in [0, 0.05) is 40.4 Å². The van der Waals surface area contributed by atoms with E-state index in [1.54, 1.807) is 31.4 Å². The molecule has 39 heavy (non-hydrogen) atoms. The number of allylic oxidation sites excluding steroid dienone is 1. The summed E-state index contributed by atoms with van der Waals surface area (Å²) in [6.45, 7) is 4.12. The maximum atomic E-state index is 12.2. The van der Waals surface area contributed by atoms with Crippen molar-refractivity contribution >= 4 is 30.0 Å². The van der Waals surface area contributed by atoms with E-state index in [0.29, 0.717) is 5.56 Å². The Hall–Kier alpha value is -3.28. The first kappa shape index (κ1) is 30.3. The van der Waals surface area contributed by atoms with Crippen molar-refractivity contribution in [2.75, 3.05) is 13.7 Å². The molecule has 0 amide bonds. The van der Waals surface area contributed by atoms with Crippen LogP contribution < -0.4 is 0 Å². The Labute approximate surface area is 227 Å². The van der Waals surface area contributed by atoms with Crippen LogP contribution in [0.2, 0.25) is 0 Å². The second-order valence-corrected chi connectivity index (χ2v) is 9.66. The lowest BCUT2D eigenvalue weighted by molar-refractivity contribution is -0.360. The summed E-state index contributed by atoms with van der Waals surface area (Å²) in [7, 11) is 1.69. The van der Waals surface area contributed by atoms with E-state index in [-0.39, 0.29) is 11.7 Å². The van der Waals surface area contributed by atoms with Crippen molar-refractivity contribution < 1.29 is 52.7 Å². The van der Waals surface area contributed by atoms with Gasteiger partial charge in [-0.2, -0.15) is 0 Å². The molecule has 1 saturated carbocycles. The molecule has 1 N–H and O–H groups in total. The number of methoxy groups -OCH3 is 1. The summed E-state index contributed by atoms with van der Waals surface area (Å²) < 4.78 is 33.1. The normalized spacial score (nSPS) is 28.7. The van der Waals surface area contributed by atoms with Crippen molar-refractivity contribution in [2.45, 2.75) is 89.7 Å². The van der Waals surface area contributed by atoms with Gasteiger partial charge in [-0.25, -0.2) is 0 Å². The van der Waals surface area contributed by atoms with E-state index in [9.17, 15) is 24.3 Å². The number of ether oxygens (including phenoxy) is 6. The third kappa shape index (κ3) is 7.65. The number of rotatable bonds is 8. The molecule has 3 rings (SSSR count). The molecule has 11 heteroatoms. The Balaban J connectivity index is 2.14. The highest BCUT2D eigenvalue weighted by Gasteiger charge is 2.60. The van der Waals surface area contributed by atoms with Crippen LogP contribution in [0.25, 0.3) is 6.08 Å². The molecule has 0 unspecified atom stereocenters. The second kappa shape index (κ2) is 13.2. The molecule has 214 valence electrons. The fraction of sp³-hybridized carbons (Fsp3) is 0.571. The smallest absolute Gasteiger partial charge is 0.303 e. The third-order valence-electron chi connectivity index (χ3n) is 6.67. The largest absolute Gasteiger partial charge is 0.463 e. The van der Waals surface area contributed by atoms with Gasteiger partial charge in [-0.3, -0.25) is 19.2 Å². The molecule has 11 nitrogen and oxygen atoms in total. The van der Waals surface area contributed by atoms with E-state index in [2.05, 4.69) is 0 Å². The first-order valence-corrected chi connectivity index (χ1v) is 12.8. The van der Waals surface area contributed by atoms with Crippen molar-refractivity contribution in [2.24, 2.45) is 0 Å². The van der Waals surface area contributed by atoms with Gasteiger partial charge in [0.05, 0.1) is 6.10 Å². The summed E-state index contributed by atoms with van der Waals surface area (Å²) in [6, 6.07) is 6.83. The Morgan fingerprint density at radius 3 is 2.08 bits per heavy atom. The second-order valence-electron chi connectivity index (χ2n) is 9.66. The Bertz CT molecular complexity index is 1090. The first-order valence-electron chi connectivity index (χ1n) is 12.8. The molecule has 0 bridgehead atoms. The minimum absolute atomic E-state index is 0.182. The molecule has 2 fully saturated rings. The van der Waals surface area contributed by atoms with E-state index in [0.717, 1.165) is 52.0 Å². The maximum absolute atomic E-state index is 12.2. The number of benzene rings is 1. The molecule has 1 aromatic carbocycles. The summed E-state index contributed by atoms with van der Waals surface area (Å²) in [6.07, 6.45) is -0.378. The van der Waals surface area contributed by atoms with Crippen LogP contribution in [-0.2, 0) is 53.4 Å². The molecule has 0 aromatic heterocycles. The van der Waals surface area contributed by atoms with E-state index >= 15 is 0 Å². The lowest BCUT2D eigenvalue weighted by Gasteiger charge is -2.49. The van der Waals surface area contributed by atoms with E-state index in [1.165, 1.54) is 6.92 Å². The van der Waals surface area contributed by atoms with Gasteiger partial charge >= 0.3 is 23.9 Å². The van der Waals surface area contributed by atoms with Crippen LogP contribution in [0.4, 0.5) is 0 Å². The summed E-state index contributed by atoms with van der Waals surface area (Å²) in [5.74, 6) is -5.36. The third-order valence-corrected chi connectivity index (χ3v) is 6.67. The van der Waals surface area contributed by atoms with Crippen molar-refractivity contribution in [3.63, 3.8) is 0 Å². The van der Waals surface area contributed by atoms with Gasteiger partial charge < -0.3 is 33.5 Å². The quantitative estimate of drug-likeness (QED) is 0.378. The van der Waals surface area contributed by atoms with E-state index < -0.39 is 60.7 Å². The zero-order valence-corrected chi connectivity index (χ0v) is 22.8. The number of hydrogen-bond donors (Lipinski definition) is 1. The predicted octanol–water partition coefficient (Wildman–Crippen LogP) is 2.56. The summed E-state index contributed by atoms with van der Waals surface area (Å²) in [5.41, 5.74) is 1.94. The van der Waals surface area contributed by atoms with Crippen LogP contribution in [0, 0.1) is 0 Å². The molecule has 0 radical (unpaired) electrons. The fourth-order valence-electron chi connectivity index (χ4n) is 5.01. The lowest BCUT2D eigenvalue weighted by Crippen LogP contribution is -2.66. The molecule has 0 spiro atoms. The van der Waals surface area contributed by atoms with Crippen LogP contribution in [0.5, 0.6) is 0 Å². The number of esters is 4. The van der Waals surface area contributed by atoms with Gasteiger partial charge in [0.15, 0.2) is 12.2 Å². The summed E-state index contributed by atoms with van der Waals surface area (Å²) in [5, 5.41) is 12.2. The number of carbonyl (C=O) groups is 4. The summed E-state index contributed by atoms with van der Waals surface area (Å²) >= 11 is 0. The van der Waals surface area contributed by atoms with Gasteiger partial charge in [0.1, 0.15) is 12.7 Å². The Morgan fingerprint density at radius 1 is 0.923 bits per heavy atom. The zero-order valence-electron chi connectivity index (χ0n) is 22.8. The topological polar surface area (TPSA) is 144 Å². The molecular formula is C28H36O11. The molecule has 1 aliphatic heterocycles. The zero-order chi connectivity index (χ0) is 28.7. The van der Waals surface area contributed by atoms with Gasteiger partial charge in [0.2, 0.25) is 11.9 Å². The van der Waals surface area contributed by atoms with Crippen LogP contribution in [0.1, 0.15) is 64.5 Å². The standard InChI is InChI=1S/C28H36O11/c1-16(29)35-15-24-25(36-17(2)30)26(37-18(3)31)27(38-19(4)32)28(33,39-24)23-9-7-6-8-21(23)14-20-10-12-22(34-5)13-11-20/h6-9,14,22,24-27,33H,10-13,15H2,1-5H3/t22?,24-,25-,26+,27-,28-/m1/s1. The Kier molecular flexibility index (Phi) is 10.2. The van der Waals surface area contributed by atoms with Crippen LogP contribution in [0.15, 0.2) is 29.8 Å². The van der Waals surface area contributed by atoms with Crippen LogP contribution in [0.3, 0.4) is 0 Å². The average molecular weight is 549 g/mol.